The molecule has 1 unspecified atom stereocenters. The van der Waals surface area contributed by atoms with E-state index in [4.69, 9.17) is 23.7 Å². The Bertz CT molecular complexity index is 1780. The lowest BCUT2D eigenvalue weighted by atomic mass is 10.1. The highest BCUT2D eigenvalue weighted by Crippen LogP contribution is 2.40. The molecule has 3 aromatic carbocycles. The van der Waals surface area contributed by atoms with Crippen LogP contribution in [-0.2, 0) is 13.2 Å². The summed E-state index contributed by atoms with van der Waals surface area (Å²) in [6, 6.07) is 12.4. The van der Waals surface area contributed by atoms with Crippen LogP contribution < -0.4 is 23.7 Å². The summed E-state index contributed by atoms with van der Waals surface area (Å²) in [7, 11) is 4.68. The fourth-order valence-corrected chi connectivity index (χ4v) is 6.55. The Labute approximate surface area is 278 Å². The molecule has 0 spiro atoms. The van der Waals surface area contributed by atoms with Gasteiger partial charge in [-0.05, 0) is 54.3 Å². The molecule has 3 aromatic rings. The van der Waals surface area contributed by atoms with Crippen molar-refractivity contribution >= 4 is 35.6 Å². The van der Waals surface area contributed by atoms with Gasteiger partial charge in [0.15, 0.2) is 23.0 Å². The van der Waals surface area contributed by atoms with Crippen LogP contribution in [0, 0.1) is 0 Å². The van der Waals surface area contributed by atoms with Crippen LogP contribution in [0.1, 0.15) is 44.7 Å². The van der Waals surface area contributed by atoms with E-state index in [2.05, 4.69) is 23.1 Å². The molecule has 11 nitrogen and oxygen atoms in total. The summed E-state index contributed by atoms with van der Waals surface area (Å²) in [6.07, 6.45) is 5.01. The first-order chi connectivity index (χ1) is 23.2. The van der Waals surface area contributed by atoms with E-state index in [0.29, 0.717) is 77.2 Å². The average molecular weight is 649 g/mol. The molecular weight excluding hydrogens is 612 g/mol. The van der Waals surface area contributed by atoms with Crippen LogP contribution in [0.2, 0.25) is 0 Å². The predicted molar refractivity (Wildman–Crippen MR) is 181 cm³/mol. The third-order valence-electron chi connectivity index (χ3n) is 8.95. The van der Waals surface area contributed by atoms with Gasteiger partial charge in [0.1, 0.15) is 19.0 Å². The summed E-state index contributed by atoms with van der Waals surface area (Å²) < 4.78 is 29.3. The molecule has 0 aliphatic carbocycles. The second kappa shape index (κ2) is 12.6. The van der Waals surface area contributed by atoms with Gasteiger partial charge in [0.25, 0.3) is 11.8 Å². The highest BCUT2D eigenvalue weighted by atomic mass is 16.5. The zero-order valence-electron chi connectivity index (χ0n) is 27.2. The average Bonchev–Trinajstić information content (AvgIpc) is 3.60. The van der Waals surface area contributed by atoms with Crippen LogP contribution in [0.5, 0.6) is 28.7 Å². The number of amides is 2. The summed E-state index contributed by atoms with van der Waals surface area (Å²) in [5.41, 5.74) is 5.65. The zero-order chi connectivity index (χ0) is 33.5. The number of rotatable bonds is 9. The first-order valence-corrected chi connectivity index (χ1v) is 15.6. The van der Waals surface area contributed by atoms with Gasteiger partial charge < -0.3 is 33.5 Å². The van der Waals surface area contributed by atoms with Crippen LogP contribution in [0.3, 0.4) is 0 Å². The molecule has 0 radical (unpaired) electrons. The first-order valence-electron chi connectivity index (χ1n) is 15.6. The Kier molecular flexibility index (Phi) is 8.12. The molecule has 4 aliphatic heterocycles. The van der Waals surface area contributed by atoms with Crippen molar-refractivity contribution in [1.29, 1.82) is 0 Å². The van der Waals surface area contributed by atoms with Crippen molar-refractivity contribution in [3.8, 4) is 28.7 Å². The molecule has 11 heteroatoms. The van der Waals surface area contributed by atoms with Gasteiger partial charge in [-0.2, -0.15) is 0 Å². The second-order valence-electron chi connectivity index (χ2n) is 12.3. The van der Waals surface area contributed by atoms with Gasteiger partial charge in [-0.3, -0.25) is 19.6 Å². The van der Waals surface area contributed by atoms with E-state index < -0.39 is 0 Å². The standard InChI is InChI=1S/C37H36N4O7/c1-21-6-25-15-38-30-13-34(32(45-4)11-28(30)36(42)40(25)17-21)47-19-23-8-24(10-27(9-23)44-3)20-48-35-14-31-29(12-33(35)46-5)37(43)41-18-22(2)7-26(41)16-39-31/h8-16,25-26H,1-2,6-7,17-20H2,3-5H3/t25-,26?/m0/s1. The molecule has 2 amide bonds. The fourth-order valence-electron chi connectivity index (χ4n) is 6.55. The summed E-state index contributed by atoms with van der Waals surface area (Å²) in [5.74, 6) is 2.20. The number of carbonyl (C=O) groups excluding carboxylic acids is 2. The number of fused-ring (bicyclic) bond motifs is 4. The highest BCUT2D eigenvalue weighted by molar-refractivity contribution is 6.04. The van der Waals surface area contributed by atoms with E-state index in [0.717, 1.165) is 22.3 Å². The van der Waals surface area contributed by atoms with Crippen LogP contribution >= 0.6 is 0 Å². The Morgan fingerprint density at radius 3 is 1.52 bits per heavy atom. The Hall–Kier alpha value is -5.58. The van der Waals surface area contributed by atoms with E-state index in [-0.39, 0.29) is 37.1 Å². The van der Waals surface area contributed by atoms with Crippen molar-refractivity contribution in [2.75, 3.05) is 34.4 Å². The van der Waals surface area contributed by atoms with Gasteiger partial charge in [-0.15, -0.1) is 0 Å². The Balaban J connectivity index is 1.09. The number of hydrogen-bond donors (Lipinski definition) is 0. The number of benzene rings is 3. The predicted octanol–water partition coefficient (Wildman–Crippen LogP) is 5.84. The van der Waals surface area contributed by atoms with E-state index in [1.807, 2.05) is 18.2 Å². The van der Waals surface area contributed by atoms with E-state index in [1.165, 1.54) is 0 Å². The first kappa shape index (κ1) is 31.0. The maximum Gasteiger partial charge on any atom is 0.257 e. The van der Waals surface area contributed by atoms with Crippen LogP contribution in [-0.4, -0.2) is 80.5 Å². The maximum absolute atomic E-state index is 13.3. The molecular formula is C37H36N4O7. The van der Waals surface area contributed by atoms with Gasteiger partial charge in [-0.25, -0.2) is 0 Å². The highest BCUT2D eigenvalue weighted by Gasteiger charge is 2.35. The molecule has 0 N–H and O–H groups in total. The monoisotopic (exact) mass is 648 g/mol. The number of ether oxygens (including phenoxy) is 5. The van der Waals surface area contributed by atoms with Crippen molar-refractivity contribution < 1.29 is 33.3 Å². The lowest BCUT2D eigenvalue weighted by Crippen LogP contribution is -2.35. The van der Waals surface area contributed by atoms with Crippen molar-refractivity contribution in [1.82, 2.24) is 9.80 Å². The van der Waals surface area contributed by atoms with Crippen LogP contribution in [0.25, 0.3) is 0 Å². The van der Waals surface area contributed by atoms with E-state index in [1.54, 1.807) is 67.8 Å². The SMILES string of the molecule is C=C1CC2C=Nc3cc(OCc4cc(COc5cc6c(cc5OC)C(=O)N5CC(=C)C[C@H]5C=N6)cc(OC)c4)c(OC)cc3C(=O)N2C1. The lowest BCUT2D eigenvalue weighted by Gasteiger charge is -2.20. The van der Waals surface area contributed by atoms with E-state index in [9.17, 15) is 9.59 Å². The fraction of sp³-hybridized carbons (Fsp3) is 0.297. The number of aliphatic imine (C=N–C) groups is 2. The quantitative estimate of drug-likeness (QED) is 0.268. The molecule has 7 rings (SSSR count). The molecule has 246 valence electrons. The smallest absolute Gasteiger partial charge is 0.257 e. The molecule has 2 saturated heterocycles. The van der Waals surface area contributed by atoms with Gasteiger partial charge >= 0.3 is 0 Å². The van der Waals surface area contributed by atoms with Crippen molar-refractivity contribution in [2.45, 2.75) is 38.1 Å². The molecule has 0 bridgehead atoms. The van der Waals surface area contributed by atoms with Gasteiger partial charge in [0, 0.05) is 37.7 Å². The Morgan fingerprint density at radius 1 is 0.646 bits per heavy atom. The number of methoxy groups -OCH3 is 3. The molecule has 2 fully saturated rings. The maximum atomic E-state index is 13.3. The number of nitrogens with zero attached hydrogens (tertiary/aromatic N) is 4. The van der Waals surface area contributed by atoms with Crippen LogP contribution in [0.15, 0.2) is 76.8 Å². The van der Waals surface area contributed by atoms with Crippen molar-refractivity contribution in [3.05, 3.63) is 89.0 Å². The van der Waals surface area contributed by atoms with Gasteiger partial charge in [0.2, 0.25) is 0 Å². The molecule has 0 saturated carbocycles. The summed E-state index contributed by atoms with van der Waals surface area (Å²) >= 11 is 0. The largest absolute Gasteiger partial charge is 0.497 e. The summed E-state index contributed by atoms with van der Waals surface area (Å²) in [5, 5.41) is 0. The minimum atomic E-state index is -0.107. The summed E-state index contributed by atoms with van der Waals surface area (Å²) in [4.78, 5) is 39.5. The number of hydrogen-bond acceptors (Lipinski definition) is 9. The van der Waals surface area contributed by atoms with E-state index >= 15 is 0 Å². The second-order valence-corrected chi connectivity index (χ2v) is 12.3. The van der Waals surface area contributed by atoms with Gasteiger partial charge in [0.05, 0.1) is 55.9 Å². The molecule has 2 atom stereocenters. The lowest BCUT2D eigenvalue weighted by molar-refractivity contribution is 0.0769. The zero-order valence-corrected chi connectivity index (χ0v) is 27.2. The summed E-state index contributed by atoms with van der Waals surface area (Å²) in [6.45, 7) is 9.49. The normalized spacial score (nSPS) is 19.3. The van der Waals surface area contributed by atoms with Crippen molar-refractivity contribution in [3.63, 3.8) is 0 Å². The Morgan fingerprint density at radius 2 is 1.10 bits per heavy atom. The van der Waals surface area contributed by atoms with Crippen molar-refractivity contribution in [2.24, 2.45) is 9.98 Å². The topological polar surface area (TPSA) is 111 Å². The van der Waals surface area contributed by atoms with Crippen LogP contribution in [0.4, 0.5) is 11.4 Å². The minimum absolute atomic E-state index is 0.107. The molecule has 4 aliphatic rings. The molecule has 48 heavy (non-hydrogen) atoms. The van der Waals surface area contributed by atoms with Gasteiger partial charge in [-0.1, -0.05) is 24.3 Å². The molecule has 0 aromatic heterocycles. The third-order valence-corrected chi connectivity index (χ3v) is 8.95. The third kappa shape index (κ3) is 5.76. The molecule has 4 heterocycles. The minimum Gasteiger partial charge on any atom is -0.497 e. The number of carbonyl (C=O) groups is 2.